The van der Waals surface area contributed by atoms with Crippen molar-refractivity contribution in [3.05, 3.63) is 64.7 Å². The SMILES string of the molecule is Fc1cc(OCc2ccccc2)cc(F)c1Cl. The Morgan fingerprint density at radius 1 is 1.00 bits per heavy atom. The number of rotatable bonds is 3. The molecule has 0 amide bonds. The first-order valence-corrected chi connectivity index (χ1v) is 5.36. The molecule has 0 fully saturated rings. The first-order valence-electron chi connectivity index (χ1n) is 4.98. The van der Waals surface area contributed by atoms with Gasteiger partial charge in [0.2, 0.25) is 0 Å². The van der Waals surface area contributed by atoms with Gasteiger partial charge < -0.3 is 4.74 Å². The topological polar surface area (TPSA) is 9.23 Å². The molecule has 0 radical (unpaired) electrons. The summed E-state index contributed by atoms with van der Waals surface area (Å²) in [6, 6.07) is 11.5. The number of halogens is 3. The Morgan fingerprint density at radius 2 is 1.59 bits per heavy atom. The van der Waals surface area contributed by atoms with Crippen LogP contribution in [0.15, 0.2) is 42.5 Å². The van der Waals surface area contributed by atoms with Crippen LogP contribution in [0.4, 0.5) is 8.78 Å². The van der Waals surface area contributed by atoms with E-state index < -0.39 is 16.7 Å². The molecule has 2 aromatic carbocycles. The quantitative estimate of drug-likeness (QED) is 0.746. The normalized spacial score (nSPS) is 10.3. The highest BCUT2D eigenvalue weighted by Gasteiger charge is 2.09. The summed E-state index contributed by atoms with van der Waals surface area (Å²) in [6.07, 6.45) is 0. The smallest absolute Gasteiger partial charge is 0.148 e. The summed E-state index contributed by atoms with van der Waals surface area (Å²) in [7, 11) is 0. The first kappa shape index (κ1) is 11.9. The molecule has 0 aliphatic carbocycles. The van der Waals surface area contributed by atoms with Crippen LogP contribution in [-0.2, 0) is 6.61 Å². The molecule has 1 nitrogen and oxygen atoms in total. The zero-order valence-electron chi connectivity index (χ0n) is 8.79. The van der Waals surface area contributed by atoms with Crippen molar-refractivity contribution in [1.82, 2.24) is 0 Å². The average molecular weight is 255 g/mol. The third-order valence-electron chi connectivity index (χ3n) is 2.21. The maximum atomic E-state index is 13.1. The molecule has 0 aliphatic heterocycles. The largest absolute Gasteiger partial charge is 0.489 e. The van der Waals surface area contributed by atoms with E-state index in [1.54, 1.807) is 0 Å². The zero-order chi connectivity index (χ0) is 12.3. The molecule has 0 heterocycles. The van der Waals surface area contributed by atoms with Crippen LogP contribution < -0.4 is 4.74 Å². The van der Waals surface area contributed by atoms with Crippen molar-refractivity contribution in [2.75, 3.05) is 0 Å². The van der Waals surface area contributed by atoms with Crippen LogP contribution in [0, 0.1) is 11.6 Å². The van der Waals surface area contributed by atoms with Gasteiger partial charge in [-0.2, -0.15) is 0 Å². The van der Waals surface area contributed by atoms with Crippen LogP contribution in [0.5, 0.6) is 5.75 Å². The van der Waals surface area contributed by atoms with E-state index in [1.165, 1.54) is 0 Å². The summed E-state index contributed by atoms with van der Waals surface area (Å²) >= 11 is 5.36. The summed E-state index contributed by atoms with van der Waals surface area (Å²) in [5, 5.41) is -0.517. The molecule has 4 heteroatoms. The van der Waals surface area contributed by atoms with Crippen molar-refractivity contribution < 1.29 is 13.5 Å². The van der Waals surface area contributed by atoms with E-state index in [2.05, 4.69) is 0 Å². The molecule has 2 rings (SSSR count). The van der Waals surface area contributed by atoms with Gasteiger partial charge in [-0.15, -0.1) is 0 Å². The number of ether oxygens (including phenoxy) is 1. The van der Waals surface area contributed by atoms with E-state index in [1.807, 2.05) is 30.3 Å². The standard InChI is InChI=1S/C13H9ClF2O/c14-13-11(15)6-10(7-12(13)16)17-8-9-4-2-1-3-5-9/h1-7H,8H2. The van der Waals surface area contributed by atoms with Crippen LogP contribution in [0.3, 0.4) is 0 Å². The first-order chi connectivity index (χ1) is 8.16. The highest BCUT2D eigenvalue weighted by Crippen LogP contribution is 2.25. The Kier molecular flexibility index (Phi) is 3.59. The van der Waals surface area contributed by atoms with Crippen LogP contribution in [-0.4, -0.2) is 0 Å². The molecule has 0 spiro atoms. The summed E-state index contributed by atoms with van der Waals surface area (Å²) in [4.78, 5) is 0. The molecule has 0 saturated carbocycles. The van der Waals surface area contributed by atoms with Gasteiger partial charge in [-0.05, 0) is 5.56 Å². The molecular formula is C13H9ClF2O. The lowest BCUT2D eigenvalue weighted by Gasteiger charge is -2.07. The van der Waals surface area contributed by atoms with Crippen molar-refractivity contribution in [3.8, 4) is 5.75 Å². The molecule has 17 heavy (non-hydrogen) atoms. The van der Waals surface area contributed by atoms with Gasteiger partial charge >= 0.3 is 0 Å². The molecule has 88 valence electrons. The third-order valence-corrected chi connectivity index (χ3v) is 2.57. The van der Waals surface area contributed by atoms with E-state index in [0.29, 0.717) is 0 Å². The fraction of sp³-hybridized carbons (Fsp3) is 0.0769. The lowest BCUT2D eigenvalue weighted by Crippen LogP contribution is -1.96. The van der Waals surface area contributed by atoms with Crippen LogP contribution >= 0.6 is 11.6 Å². The Labute approximate surface area is 103 Å². The minimum Gasteiger partial charge on any atom is -0.489 e. The van der Waals surface area contributed by atoms with E-state index in [4.69, 9.17) is 16.3 Å². The van der Waals surface area contributed by atoms with E-state index in [0.717, 1.165) is 17.7 Å². The monoisotopic (exact) mass is 254 g/mol. The molecule has 0 bridgehead atoms. The minimum absolute atomic E-state index is 0.119. The zero-order valence-corrected chi connectivity index (χ0v) is 9.55. The predicted molar refractivity (Wildman–Crippen MR) is 62.1 cm³/mol. The lowest BCUT2D eigenvalue weighted by molar-refractivity contribution is 0.302. The second-order valence-electron chi connectivity index (χ2n) is 3.48. The Balaban J connectivity index is 2.10. The number of benzene rings is 2. The van der Waals surface area contributed by atoms with Crippen molar-refractivity contribution >= 4 is 11.6 Å². The van der Waals surface area contributed by atoms with E-state index >= 15 is 0 Å². The molecule has 0 N–H and O–H groups in total. The van der Waals surface area contributed by atoms with Crippen LogP contribution in [0.2, 0.25) is 5.02 Å². The lowest BCUT2D eigenvalue weighted by atomic mass is 10.2. The second kappa shape index (κ2) is 5.15. The summed E-state index contributed by atoms with van der Waals surface area (Å²) in [5.41, 5.74) is 0.920. The Hall–Kier alpha value is -1.61. The summed E-state index contributed by atoms with van der Waals surface area (Å²) in [5.74, 6) is -1.53. The minimum atomic E-state index is -0.824. The molecule has 0 saturated heterocycles. The van der Waals surface area contributed by atoms with Crippen LogP contribution in [0.25, 0.3) is 0 Å². The predicted octanol–water partition coefficient (Wildman–Crippen LogP) is 4.20. The molecule has 2 aromatic rings. The Bertz CT molecular complexity index is 491. The van der Waals surface area contributed by atoms with Crippen molar-refractivity contribution in [1.29, 1.82) is 0 Å². The van der Waals surface area contributed by atoms with Crippen molar-refractivity contribution in [2.45, 2.75) is 6.61 Å². The van der Waals surface area contributed by atoms with Gasteiger partial charge in [0, 0.05) is 12.1 Å². The Morgan fingerprint density at radius 3 is 2.18 bits per heavy atom. The summed E-state index contributed by atoms with van der Waals surface area (Å²) < 4.78 is 31.5. The maximum Gasteiger partial charge on any atom is 0.148 e. The van der Waals surface area contributed by atoms with Gasteiger partial charge in [-0.1, -0.05) is 41.9 Å². The molecule has 0 aromatic heterocycles. The second-order valence-corrected chi connectivity index (χ2v) is 3.85. The number of hydrogen-bond acceptors (Lipinski definition) is 1. The molecule has 0 unspecified atom stereocenters. The van der Waals surface area contributed by atoms with Gasteiger partial charge in [0.25, 0.3) is 0 Å². The van der Waals surface area contributed by atoms with Gasteiger partial charge in [-0.3, -0.25) is 0 Å². The van der Waals surface area contributed by atoms with Gasteiger partial charge in [0.15, 0.2) is 0 Å². The summed E-state index contributed by atoms with van der Waals surface area (Å²) in [6.45, 7) is 0.251. The highest BCUT2D eigenvalue weighted by molar-refractivity contribution is 6.30. The molecular weight excluding hydrogens is 246 g/mol. The van der Waals surface area contributed by atoms with E-state index in [-0.39, 0.29) is 12.4 Å². The maximum absolute atomic E-state index is 13.1. The third kappa shape index (κ3) is 2.94. The fourth-order valence-corrected chi connectivity index (χ4v) is 1.47. The molecule has 0 atom stereocenters. The highest BCUT2D eigenvalue weighted by atomic mass is 35.5. The van der Waals surface area contributed by atoms with Gasteiger partial charge in [-0.25, -0.2) is 8.78 Å². The van der Waals surface area contributed by atoms with E-state index in [9.17, 15) is 8.78 Å². The van der Waals surface area contributed by atoms with Crippen molar-refractivity contribution in [3.63, 3.8) is 0 Å². The fourth-order valence-electron chi connectivity index (χ4n) is 1.36. The van der Waals surface area contributed by atoms with Crippen molar-refractivity contribution in [2.24, 2.45) is 0 Å². The molecule has 0 aliphatic rings. The number of hydrogen-bond donors (Lipinski definition) is 0. The van der Waals surface area contributed by atoms with Gasteiger partial charge in [0.05, 0.1) is 0 Å². The average Bonchev–Trinajstić information content (AvgIpc) is 2.34. The van der Waals surface area contributed by atoms with Crippen LogP contribution in [0.1, 0.15) is 5.56 Å². The van der Waals surface area contributed by atoms with Gasteiger partial charge in [0.1, 0.15) is 29.0 Å².